The van der Waals surface area contributed by atoms with E-state index < -0.39 is 27.9 Å². The maximum atomic E-state index is 13.7. The van der Waals surface area contributed by atoms with E-state index in [1.165, 1.54) is 46.8 Å². The number of aromatic nitrogens is 1. The van der Waals surface area contributed by atoms with Crippen LogP contribution < -0.4 is 20.7 Å². The molecular weight excluding hydrogens is 560 g/mol. The van der Waals surface area contributed by atoms with Crippen LogP contribution in [0.3, 0.4) is 0 Å². The van der Waals surface area contributed by atoms with Crippen molar-refractivity contribution in [3.63, 3.8) is 0 Å². The zero-order valence-electron chi connectivity index (χ0n) is 20.9. The Morgan fingerprint density at radius 1 is 1.10 bits per heavy atom. The molecule has 1 aliphatic rings. The number of aromatic carboxylic acids is 1. The van der Waals surface area contributed by atoms with Crippen molar-refractivity contribution < 1.29 is 37.1 Å². The summed E-state index contributed by atoms with van der Waals surface area (Å²) in [5.41, 5.74) is 4.72. The van der Waals surface area contributed by atoms with Gasteiger partial charge in [0.2, 0.25) is 0 Å². The first kappa shape index (κ1) is 26.9. The van der Waals surface area contributed by atoms with Gasteiger partial charge in [0.15, 0.2) is 5.52 Å². The summed E-state index contributed by atoms with van der Waals surface area (Å²) in [5, 5.41) is 15.0. The summed E-state index contributed by atoms with van der Waals surface area (Å²) in [5.74, 6) is -1.40. The Kier molecular flexibility index (Phi) is 7.25. The van der Waals surface area contributed by atoms with Crippen LogP contribution in [0.4, 0.5) is 15.6 Å². The summed E-state index contributed by atoms with van der Waals surface area (Å²) in [4.78, 5) is 30.0. The number of carboxylic acid groups (broad SMARTS) is 1. The molecule has 0 saturated carbocycles. The lowest BCUT2D eigenvalue weighted by atomic mass is 10.2. The minimum atomic E-state index is -4.33. The molecule has 4 N–H and O–H groups in total. The predicted molar refractivity (Wildman–Crippen MR) is 147 cm³/mol. The van der Waals surface area contributed by atoms with Crippen LogP contribution in [0.15, 0.2) is 72.8 Å². The number of rotatable bonds is 8. The molecule has 4 aromatic rings. The fourth-order valence-corrected chi connectivity index (χ4v) is 5.28. The average molecular weight is 584 g/mol. The number of anilines is 1. The zero-order valence-corrected chi connectivity index (χ0v) is 22.5. The van der Waals surface area contributed by atoms with E-state index in [4.69, 9.17) is 14.3 Å². The second-order valence-corrected chi connectivity index (χ2v) is 11.0. The number of carbonyl (C=O) groups excluding carboxylic acids is 1. The Bertz CT molecular complexity index is 1710. The SMILES string of the molecule is COc1cc(C(=O)O)ccc1N1N[N+](c2nc3ccccc3s2)=C(c2ccccc2)N1C(=O)NCCS(=O)(=O)O. The second kappa shape index (κ2) is 10.8. The maximum absolute atomic E-state index is 13.7. The number of urea groups is 1. The lowest BCUT2D eigenvalue weighted by Gasteiger charge is -2.25. The van der Waals surface area contributed by atoms with Gasteiger partial charge in [0, 0.05) is 6.54 Å². The van der Waals surface area contributed by atoms with Crippen molar-refractivity contribution in [2.45, 2.75) is 0 Å². The van der Waals surface area contributed by atoms with Crippen molar-refractivity contribution >= 4 is 60.3 Å². The van der Waals surface area contributed by atoms with Crippen LogP contribution in [0.25, 0.3) is 10.2 Å². The molecule has 0 unspecified atom stereocenters. The van der Waals surface area contributed by atoms with Crippen LogP contribution in [0.2, 0.25) is 0 Å². The van der Waals surface area contributed by atoms with Crippen molar-refractivity contribution in [3.05, 3.63) is 83.9 Å². The molecule has 3 aromatic carbocycles. The number of hydrazine groups is 3. The van der Waals surface area contributed by atoms with Crippen LogP contribution in [0.1, 0.15) is 15.9 Å². The number of carboxylic acids is 1. The molecule has 0 fully saturated rings. The lowest BCUT2D eigenvalue weighted by Crippen LogP contribution is -2.54. The van der Waals surface area contributed by atoms with Gasteiger partial charge in [0.1, 0.15) is 11.4 Å². The number of thiazole rings is 1. The number of hydrazone groups is 1. The number of hydrogen-bond donors (Lipinski definition) is 4. The van der Waals surface area contributed by atoms with Crippen molar-refractivity contribution in [1.82, 2.24) is 20.8 Å². The number of nitrogens with one attached hydrogen (secondary N) is 2. The molecular formula is C25H23N6O7S2+. The standard InChI is InChI=1S/C25H22N6O7S2/c1-38-20-15-17(23(32)33)11-12-19(20)31-28-29(25-27-18-9-5-6-10-21(18)39-25)22(16-7-3-2-4-8-16)30(31)24(34)26-13-14-40(35,36)37/h2-12,15,28H,13-14H2,1H3,(H2-,26,32,33,34,35,36,37)/p+1. The van der Waals surface area contributed by atoms with Gasteiger partial charge in [-0.05, 0) is 42.5 Å². The molecule has 206 valence electrons. The highest BCUT2D eigenvalue weighted by atomic mass is 32.2. The van der Waals surface area contributed by atoms with Gasteiger partial charge in [-0.1, -0.05) is 56.3 Å². The van der Waals surface area contributed by atoms with Gasteiger partial charge >= 0.3 is 17.1 Å². The third kappa shape index (κ3) is 5.38. The van der Waals surface area contributed by atoms with Crippen LogP contribution in [0.5, 0.6) is 5.75 Å². The normalized spacial score (nSPS) is 13.4. The van der Waals surface area contributed by atoms with Crippen molar-refractivity contribution in [1.29, 1.82) is 0 Å². The highest BCUT2D eigenvalue weighted by molar-refractivity contribution is 7.85. The summed E-state index contributed by atoms with van der Waals surface area (Å²) in [6.45, 7) is -0.375. The fourth-order valence-electron chi connectivity index (χ4n) is 4.00. The third-order valence-electron chi connectivity index (χ3n) is 5.80. The number of nitrogens with zero attached hydrogens (tertiary/aromatic N) is 4. The van der Waals surface area contributed by atoms with Crippen LogP contribution >= 0.6 is 11.3 Å². The van der Waals surface area contributed by atoms with Crippen molar-refractivity contribution in [2.24, 2.45) is 0 Å². The number of methoxy groups -OCH3 is 1. The van der Waals surface area contributed by atoms with E-state index in [1.807, 2.05) is 30.3 Å². The van der Waals surface area contributed by atoms with E-state index >= 15 is 0 Å². The van der Waals surface area contributed by atoms with E-state index in [0.29, 0.717) is 16.5 Å². The molecule has 5 rings (SSSR count). The Balaban J connectivity index is 1.68. The molecule has 0 spiro atoms. The molecule has 1 aliphatic heterocycles. The third-order valence-corrected chi connectivity index (χ3v) is 7.54. The van der Waals surface area contributed by atoms with Gasteiger partial charge in [0.25, 0.3) is 16.0 Å². The second-order valence-electron chi connectivity index (χ2n) is 8.42. The fraction of sp³-hybridized carbons (Fsp3) is 0.120. The molecule has 0 bridgehead atoms. The molecule has 0 aliphatic carbocycles. The monoisotopic (exact) mass is 583 g/mol. The van der Waals surface area contributed by atoms with E-state index in [-0.39, 0.29) is 23.5 Å². The smallest absolute Gasteiger partial charge is 0.403 e. The van der Waals surface area contributed by atoms with Gasteiger partial charge in [-0.3, -0.25) is 4.55 Å². The summed E-state index contributed by atoms with van der Waals surface area (Å²) in [6, 6.07) is 19.9. The number of para-hydroxylation sites is 1. The van der Waals surface area contributed by atoms with Gasteiger partial charge in [0.05, 0.1) is 28.7 Å². The van der Waals surface area contributed by atoms with Crippen molar-refractivity contribution in [2.75, 3.05) is 24.5 Å². The van der Waals surface area contributed by atoms with Gasteiger partial charge < -0.3 is 15.2 Å². The molecule has 1 aromatic heterocycles. The van der Waals surface area contributed by atoms with Crippen LogP contribution in [-0.4, -0.2) is 70.0 Å². The van der Waals surface area contributed by atoms with E-state index in [9.17, 15) is 23.1 Å². The highest BCUT2D eigenvalue weighted by Crippen LogP contribution is 2.35. The highest BCUT2D eigenvalue weighted by Gasteiger charge is 2.45. The lowest BCUT2D eigenvalue weighted by molar-refractivity contribution is -0.498. The molecule has 2 amide bonds. The minimum absolute atomic E-state index is 0.0285. The van der Waals surface area contributed by atoms with E-state index in [0.717, 1.165) is 10.2 Å². The molecule has 0 radical (unpaired) electrons. The number of hydrogen-bond acceptors (Lipinski definition) is 9. The molecule has 0 atom stereocenters. The Hall–Kier alpha value is -4.73. The molecule has 40 heavy (non-hydrogen) atoms. The number of benzene rings is 3. The zero-order chi connectivity index (χ0) is 28.4. The molecule has 13 nitrogen and oxygen atoms in total. The largest absolute Gasteiger partial charge is 0.494 e. The molecule has 15 heteroatoms. The maximum Gasteiger partial charge on any atom is 0.403 e. The first-order valence-electron chi connectivity index (χ1n) is 11.7. The first-order chi connectivity index (χ1) is 19.2. The average Bonchev–Trinajstić information content (AvgIpc) is 3.54. The summed E-state index contributed by atoms with van der Waals surface area (Å²) in [7, 11) is -2.97. The number of ether oxygens (including phenoxy) is 1. The Labute approximate surface area is 232 Å². The summed E-state index contributed by atoms with van der Waals surface area (Å²) < 4.78 is 39.7. The van der Waals surface area contributed by atoms with Crippen LogP contribution in [-0.2, 0) is 10.1 Å². The first-order valence-corrected chi connectivity index (χ1v) is 14.2. The number of carbonyl (C=O) groups is 2. The Morgan fingerprint density at radius 3 is 2.50 bits per heavy atom. The predicted octanol–water partition coefficient (Wildman–Crippen LogP) is 2.85. The summed E-state index contributed by atoms with van der Waals surface area (Å²) >= 11 is 1.37. The number of fused-ring (bicyclic) bond motifs is 1. The molecule has 2 heterocycles. The minimum Gasteiger partial charge on any atom is -0.494 e. The van der Waals surface area contributed by atoms with Crippen molar-refractivity contribution in [3.8, 4) is 5.75 Å². The van der Waals surface area contributed by atoms with Gasteiger partial charge in [-0.2, -0.15) is 14.0 Å². The number of amides is 2. The van der Waals surface area contributed by atoms with Crippen LogP contribution in [0, 0.1) is 0 Å². The quantitative estimate of drug-likeness (QED) is 0.179. The van der Waals surface area contributed by atoms with Gasteiger partial charge in [-0.25, -0.2) is 9.59 Å². The Morgan fingerprint density at radius 2 is 1.82 bits per heavy atom. The van der Waals surface area contributed by atoms with Gasteiger partial charge in [-0.15, -0.1) is 5.12 Å². The van der Waals surface area contributed by atoms with E-state index in [2.05, 4.69) is 10.9 Å². The number of amidine groups is 1. The summed E-state index contributed by atoms with van der Waals surface area (Å²) in [6.07, 6.45) is 0. The topological polar surface area (TPSA) is 164 Å². The molecule has 0 saturated heterocycles. The van der Waals surface area contributed by atoms with E-state index in [1.54, 1.807) is 28.9 Å².